The Hall–Kier alpha value is -3.15. The number of nitrogens with zero attached hydrogens (tertiary/aromatic N) is 2. The predicted molar refractivity (Wildman–Crippen MR) is 143 cm³/mol. The van der Waals surface area contributed by atoms with Crippen LogP contribution < -0.4 is 20.9 Å². The van der Waals surface area contributed by atoms with Crippen LogP contribution in [0.4, 0.5) is 10.5 Å². The van der Waals surface area contributed by atoms with Crippen molar-refractivity contribution in [3.8, 4) is 0 Å². The first kappa shape index (κ1) is 28.4. The number of nitrogen functional groups attached to an aromatic ring is 1. The summed E-state index contributed by atoms with van der Waals surface area (Å²) in [6.07, 6.45) is 1.13. The minimum absolute atomic E-state index is 0.0375. The third-order valence-corrected chi connectivity index (χ3v) is 7.91. The lowest BCUT2D eigenvalue weighted by Gasteiger charge is -2.42. The van der Waals surface area contributed by atoms with Crippen LogP contribution in [-0.2, 0) is 21.3 Å². The van der Waals surface area contributed by atoms with Gasteiger partial charge in [-0.1, -0.05) is 30.3 Å². The average Bonchev–Trinajstić information content (AvgIpc) is 2.87. The van der Waals surface area contributed by atoms with Gasteiger partial charge in [0.25, 0.3) is 5.91 Å². The quantitative estimate of drug-likeness (QED) is 0.257. The number of hydrogen-bond donors (Lipinski definition) is 3. The Morgan fingerprint density at radius 2 is 1.68 bits per heavy atom. The number of benzene rings is 2. The monoisotopic (exact) mass is 531 g/mol. The SMILES string of the molecule is CC(C)(C)N(C(=O)OCCS(=O)(=O)N(Cc1ccc(C(=O)NN)cc1)c1ccccc1)C1CCNCC1. The fraction of sp³-hybridized carbons (Fsp3) is 0.462. The van der Waals surface area contributed by atoms with Gasteiger partial charge in [0.2, 0.25) is 10.0 Å². The Morgan fingerprint density at radius 1 is 1.05 bits per heavy atom. The average molecular weight is 532 g/mol. The van der Waals surface area contributed by atoms with E-state index in [1.807, 2.05) is 20.8 Å². The van der Waals surface area contributed by atoms with Crippen LogP contribution in [0.25, 0.3) is 0 Å². The molecular weight excluding hydrogens is 494 g/mol. The summed E-state index contributed by atoms with van der Waals surface area (Å²) in [5.41, 5.74) is 3.15. The van der Waals surface area contributed by atoms with Gasteiger partial charge in [-0.15, -0.1) is 0 Å². The van der Waals surface area contributed by atoms with E-state index >= 15 is 0 Å². The van der Waals surface area contributed by atoms with Gasteiger partial charge in [0, 0.05) is 17.1 Å². The highest BCUT2D eigenvalue weighted by Gasteiger charge is 2.35. The number of hydrogen-bond acceptors (Lipinski definition) is 7. The molecule has 0 saturated carbocycles. The highest BCUT2D eigenvalue weighted by molar-refractivity contribution is 7.92. The van der Waals surface area contributed by atoms with E-state index in [2.05, 4.69) is 10.7 Å². The molecule has 0 spiro atoms. The van der Waals surface area contributed by atoms with Crippen LogP contribution >= 0.6 is 0 Å². The first-order chi connectivity index (χ1) is 17.5. The maximum atomic E-state index is 13.4. The van der Waals surface area contributed by atoms with E-state index in [0.717, 1.165) is 25.9 Å². The van der Waals surface area contributed by atoms with Crippen molar-refractivity contribution in [1.82, 2.24) is 15.6 Å². The van der Waals surface area contributed by atoms with Gasteiger partial charge in [-0.25, -0.2) is 19.1 Å². The molecule has 37 heavy (non-hydrogen) atoms. The van der Waals surface area contributed by atoms with Crippen LogP contribution in [0.2, 0.25) is 0 Å². The predicted octanol–water partition coefficient (Wildman–Crippen LogP) is 2.62. The Bertz CT molecular complexity index is 1140. The molecule has 1 heterocycles. The molecule has 1 saturated heterocycles. The highest BCUT2D eigenvalue weighted by atomic mass is 32.2. The molecule has 0 aromatic heterocycles. The Labute approximate surface area is 219 Å². The number of rotatable bonds is 9. The number of ether oxygens (including phenoxy) is 1. The molecule has 3 rings (SSSR count). The maximum absolute atomic E-state index is 13.4. The van der Waals surface area contributed by atoms with Gasteiger partial charge in [0.05, 0.1) is 12.2 Å². The number of hydrazine groups is 1. The van der Waals surface area contributed by atoms with Crippen LogP contribution in [0.15, 0.2) is 54.6 Å². The van der Waals surface area contributed by atoms with Gasteiger partial charge >= 0.3 is 6.09 Å². The van der Waals surface area contributed by atoms with Gasteiger partial charge in [-0.05, 0) is 76.5 Å². The first-order valence-electron chi connectivity index (χ1n) is 12.3. The maximum Gasteiger partial charge on any atom is 0.410 e. The van der Waals surface area contributed by atoms with Crippen molar-refractivity contribution in [2.75, 3.05) is 29.8 Å². The van der Waals surface area contributed by atoms with Crippen molar-refractivity contribution >= 4 is 27.7 Å². The van der Waals surface area contributed by atoms with Crippen LogP contribution in [-0.4, -0.2) is 62.3 Å². The molecule has 202 valence electrons. The molecule has 11 heteroatoms. The van der Waals surface area contributed by atoms with E-state index in [1.165, 1.54) is 4.31 Å². The molecule has 1 aliphatic rings. The summed E-state index contributed by atoms with van der Waals surface area (Å²) >= 11 is 0. The normalized spacial score (nSPS) is 14.6. The zero-order valence-corrected chi connectivity index (χ0v) is 22.5. The standard InChI is InChI=1S/C26H37N5O5S/c1-26(2,3)31(23-13-15-28-16-14-23)25(33)36-17-18-37(34,35)30(22-7-5-4-6-8-22)19-20-9-11-21(12-10-20)24(32)29-27/h4-12,23,28H,13-19,27H2,1-3H3,(H,29,32). The number of nitrogens with one attached hydrogen (secondary N) is 2. The largest absolute Gasteiger partial charge is 0.448 e. The second-order valence-electron chi connectivity index (χ2n) is 9.96. The van der Waals surface area contributed by atoms with Crippen molar-refractivity contribution in [3.63, 3.8) is 0 Å². The van der Waals surface area contributed by atoms with Gasteiger partial charge in [-0.3, -0.25) is 14.5 Å². The van der Waals surface area contributed by atoms with Crippen LogP contribution in [0.5, 0.6) is 0 Å². The number of sulfonamides is 1. The topological polar surface area (TPSA) is 134 Å². The van der Waals surface area contributed by atoms with Crippen LogP contribution in [0.3, 0.4) is 0 Å². The van der Waals surface area contributed by atoms with E-state index in [9.17, 15) is 18.0 Å². The van der Waals surface area contributed by atoms with E-state index in [-0.39, 0.29) is 24.9 Å². The van der Waals surface area contributed by atoms with Crippen LogP contribution in [0, 0.1) is 0 Å². The van der Waals surface area contributed by atoms with E-state index < -0.39 is 27.6 Å². The summed E-state index contributed by atoms with van der Waals surface area (Å²) in [6, 6.07) is 15.3. The molecule has 2 amide bonds. The minimum Gasteiger partial charge on any atom is -0.448 e. The third kappa shape index (κ3) is 7.67. The minimum atomic E-state index is -3.86. The highest BCUT2D eigenvalue weighted by Crippen LogP contribution is 2.25. The first-order valence-corrected chi connectivity index (χ1v) is 14.0. The van der Waals surface area contributed by atoms with Gasteiger partial charge in [0.1, 0.15) is 12.4 Å². The Balaban J connectivity index is 1.72. The second-order valence-corrected chi connectivity index (χ2v) is 12.0. The van der Waals surface area contributed by atoms with Crippen molar-refractivity contribution < 1.29 is 22.7 Å². The lowest BCUT2D eigenvalue weighted by molar-refractivity contribution is 0.0385. The lowest BCUT2D eigenvalue weighted by atomic mass is 9.98. The molecule has 0 atom stereocenters. The molecule has 10 nitrogen and oxygen atoms in total. The lowest BCUT2D eigenvalue weighted by Crippen LogP contribution is -2.55. The number of carbonyl (C=O) groups is 2. The fourth-order valence-corrected chi connectivity index (χ4v) is 5.71. The number of anilines is 1. The molecule has 1 aliphatic heterocycles. The molecule has 2 aromatic carbocycles. The molecule has 1 fully saturated rings. The summed E-state index contributed by atoms with van der Waals surface area (Å²) < 4.78 is 33.7. The summed E-state index contributed by atoms with van der Waals surface area (Å²) in [7, 11) is -3.86. The molecule has 0 aliphatic carbocycles. The molecule has 0 radical (unpaired) electrons. The van der Waals surface area contributed by atoms with Crippen LogP contribution in [0.1, 0.15) is 49.5 Å². The van der Waals surface area contributed by atoms with Crippen molar-refractivity contribution in [2.24, 2.45) is 5.84 Å². The number of carbonyl (C=O) groups excluding carboxylic acids is 2. The third-order valence-electron chi connectivity index (χ3n) is 6.21. The summed E-state index contributed by atoms with van der Waals surface area (Å²) in [4.78, 5) is 26.5. The van der Waals surface area contributed by atoms with E-state index in [4.69, 9.17) is 10.6 Å². The smallest absolute Gasteiger partial charge is 0.410 e. The molecular formula is C26H37N5O5S. The second kappa shape index (κ2) is 12.4. The van der Waals surface area contributed by atoms with Crippen molar-refractivity contribution in [1.29, 1.82) is 0 Å². The summed E-state index contributed by atoms with van der Waals surface area (Å²) in [5.74, 6) is 4.37. The fourth-order valence-electron chi connectivity index (χ4n) is 4.40. The van der Waals surface area contributed by atoms with Gasteiger partial charge in [-0.2, -0.15) is 0 Å². The zero-order chi connectivity index (χ0) is 27.1. The summed E-state index contributed by atoms with van der Waals surface area (Å²) in [6.45, 7) is 7.28. The molecule has 0 bridgehead atoms. The van der Waals surface area contributed by atoms with E-state index in [1.54, 1.807) is 59.5 Å². The number of piperidine rings is 1. The number of amides is 2. The Kier molecular flexibility index (Phi) is 9.52. The number of nitrogens with two attached hydrogens (primary N) is 1. The molecule has 0 unspecified atom stereocenters. The van der Waals surface area contributed by atoms with Crippen molar-refractivity contribution in [3.05, 3.63) is 65.7 Å². The number of para-hydroxylation sites is 1. The van der Waals surface area contributed by atoms with Gasteiger partial charge < -0.3 is 15.0 Å². The summed E-state index contributed by atoms with van der Waals surface area (Å²) in [5, 5.41) is 3.29. The van der Waals surface area contributed by atoms with E-state index in [0.29, 0.717) is 16.8 Å². The molecule has 4 N–H and O–H groups in total. The molecule has 2 aromatic rings. The van der Waals surface area contributed by atoms with Gasteiger partial charge in [0.15, 0.2) is 0 Å². The van der Waals surface area contributed by atoms with Crippen molar-refractivity contribution in [2.45, 2.75) is 51.7 Å². The zero-order valence-electron chi connectivity index (χ0n) is 21.6. The Morgan fingerprint density at radius 3 is 2.24 bits per heavy atom.